The molecule has 6 unspecified atom stereocenters. The molecule has 0 radical (unpaired) electrons. The Morgan fingerprint density at radius 3 is 1.23 bits per heavy atom. The van der Waals surface area contributed by atoms with Crippen LogP contribution in [0.3, 0.4) is 0 Å². The van der Waals surface area contributed by atoms with Crippen LogP contribution < -0.4 is 10.6 Å². The van der Waals surface area contributed by atoms with Gasteiger partial charge in [-0.3, -0.25) is 38.6 Å². The van der Waals surface area contributed by atoms with Gasteiger partial charge in [0.15, 0.2) is 19.8 Å². The summed E-state index contributed by atoms with van der Waals surface area (Å²) < 4.78 is 24.5. The molecular weight excluding hydrogens is 808 g/mol. The molecule has 6 aliphatic heterocycles. The SMILES string of the molecule is CC(=O)OCC(=O)Cl.CC(=O)OCC(=O)N1CC2CCC(C1)N2.CC(=O)OCC(=O)N1CC2CCC(C1)N2C(=O)OC(C)(C)C.CC(C)(C)OC(=O)N1C2CCC1CNC2. The molecule has 6 atom stereocenters. The van der Waals surface area contributed by atoms with E-state index in [0.717, 1.165) is 64.7 Å². The standard InChI is InChI=1S/C15H24N2O5.C11H20N2O2.C10H16N2O3.C4H5ClO3/c1-10(18)21-9-13(19)16-7-11-5-6-12(8-16)17(11)14(20)22-15(2,3)4;1-11(2,3)15-10(14)13-8-4-5-9(13)7-12-6-8;1-7(13)15-6-10(14)12-4-8-2-3-9(5-12)11-8;1-3(6)8-2-4(5)7/h11-12H,5-9H2,1-4H3;8-9,12H,4-7H2,1-3H3;8-9,11H,2-6H2,1H3;2H2,1H3. The number of amides is 4. The van der Waals surface area contributed by atoms with Gasteiger partial charge in [0.1, 0.15) is 11.2 Å². The molecule has 0 aliphatic carbocycles. The zero-order valence-electron chi connectivity index (χ0n) is 36.5. The first-order valence-corrected chi connectivity index (χ1v) is 20.9. The summed E-state index contributed by atoms with van der Waals surface area (Å²) >= 11 is 4.81. The second-order valence-corrected chi connectivity index (χ2v) is 18.1. The molecule has 6 fully saturated rings. The molecule has 6 bridgehead atoms. The first kappa shape index (κ1) is 50.1. The van der Waals surface area contributed by atoms with Crippen molar-refractivity contribution in [2.75, 3.05) is 59.1 Å². The average molecular weight is 873 g/mol. The van der Waals surface area contributed by atoms with Crippen molar-refractivity contribution >= 4 is 58.8 Å². The molecule has 60 heavy (non-hydrogen) atoms. The number of carbonyl (C=O) groups excluding carboxylic acids is 8. The Hall–Kier alpha value is -4.23. The number of hydrogen-bond acceptors (Lipinski definition) is 15. The minimum Gasteiger partial charge on any atom is -0.456 e. The van der Waals surface area contributed by atoms with E-state index in [4.69, 9.17) is 30.5 Å². The van der Waals surface area contributed by atoms with Crippen molar-refractivity contribution in [2.24, 2.45) is 0 Å². The zero-order valence-corrected chi connectivity index (χ0v) is 37.3. The highest BCUT2D eigenvalue weighted by Gasteiger charge is 2.45. The van der Waals surface area contributed by atoms with Crippen molar-refractivity contribution in [3.05, 3.63) is 0 Å². The summed E-state index contributed by atoms with van der Waals surface area (Å²) in [5.41, 5.74) is -0.916. The van der Waals surface area contributed by atoms with Crippen molar-refractivity contribution in [1.29, 1.82) is 0 Å². The van der Waals surface area contributed by atoms with Crippen LogP contribution in [0.4, 0.5) is 9.59 Å². The van der Waals surface area contributed by atoms with E-state index in [0.29, 0.717) is 37.3 Å². The first-order valence-electron chi connectivity index (χ1n) is 20.6. The molecule has 19 nitrogen and oxygen atoms in total. The Morgan fingerprint density at radius 2 is 0.883 bits per heavy atom. The fourth-order valence-electron chi connectivity index (χ4n) is 7.78. The van der Waals surface area contributed by atoms with Crippen LogP contribution >= 0.6 is 11.6 Å². The number of likely N-dealkylation sites (tertiary alicyclic amines) is 2. The lowest BCUT2D eigenvalue weighted by molar-refractivity contribution is -0.151. The lowest BCUT2D eigenvalue weighted by Crippen LogP contribution is -2.58. The van der Waals surface area contributed by atoms with Crippen molar-refractivity contribution in [1.82, 2.24) is 30.2 Å². The van der Waals surface area contributed by atoms with E-state index in [1.807, 2.05) is 46.4 Å². The number of ether oxygens (including phenoxy) is 5. The molecule has 6 saturated heterocycles. The second-order valence-electron chi connectivity index (χ2n) is 17.6. The third-order valence-corrected chi connectivity index (χ3v) is 10.3. The average Bonchev–Trinajstić information content (AvgIpc) is 3.72. The Morgan fingerprint density at radius 1 is 0.533 bits per heavy atom. The van der Waals surface area contributed by atoms with Crippen molar-refractivity contribution in [2.45, 2.75) is 148 Å². The quantitative estimate of drug-likeness (QED) is 0.222. The minimum atomic E-state index is -0.666. The van der Waals surface area contributed by atoms with Gasteiger partial charge in [0.25, 0.3) is 17.1 Å². The summed E-state index contributed by atoms with van der Waals surface area (Å²) in [6.07, 6.45) is 5.77. The Labute approximate surface area is 357 Å². The summed E-state index contributed by atoms with van der Waals surface area (Å²) in [4.78, 5) is 96.2. The van der Waals surface area contributed by atoms with Crippen LogP contribution in [0, 0.1) is 0 Å². The third kappa shape index (κ3) is 17.0. The van der Waals surface area contributed by atoms with Crippen LogP contribution in [0.2, 0.25) is 0 Å². The van der Waals surface area contributed by atoms with Gasteiger partial charge in [-0.2, -0.15) is 0 Å². The highest BCUT2D eigenvalue weighted by atomic mass is 35.5. The van der Waals surface area contributed by atoms with E-state index in [-0.39, 0.29) is 61.5 Å². The van der Waals surface area contributed by atoms with Gasteiger partial charge in [-0.1, -0.05) is 0 Å². The lowest BCUT2D eigenvalue weighted by Gasteiger charge is -2.41. The summed E-state index contributed by atoms with van der Waals surface area (Å²) in [5.74, 6) is -1.66. The summed E-state index contributed by atoms with van der Waals surface area (Å²) in [6.45, 7) is 18.6. The van der Waals surface area contributed by atoms with Gasteiger partial charge in [-0.15, -0.1) is 0 Å². The number of carbonyl (C=O) groups is 8. The number of esters is 3. The Balaban J connectivity index is 0.000000225. The van der Waals surface area contributed by atoms with E-state index in [1.54, 1.807) is 14.7 Å². The van der Waals surface area contributed by atoms with Gasteiger partial charge in [0.2, 0.25) is 0 Å². The number of piperazine rings is 3. The van der Waals surface area contributed by atoms with Crippen LogP contribution in [-0.2, 0) is 52.5 Å². The van der Waals surface area contributed by atoms with E-state index >= 15 is 0 Å². The highest BCUT2D eigenvalue weighted by Crippen LogP contribution is 2.32. The van der Waals surface area contributed by atoms with Crippen molar-refractivity contribution in [3.8, 4) is 0 Å². The molecule has 340 valence electrons. The van der Waals surface area contributed by atoms with E-state index in [1.165, 1.54) is 20.8 Å². The molecule has 0 saturated carbocycles. The van der Waals surface area contributed by atoms with E-state index in [2.05, 4.69) is 15.4 Å². The van der Waals surface area contributed by atoms with Crippen LogP contribution in [-0.4, -0.2) is 173 Å². The van der Waals surface area contributed by atoms with E-state index in [9.17, 15) is 38.4 Å². The number of hydrogen-bond donors (Lipinski definition) is 2. The molecule has 6 rings (SSSR count). The molecular formula is C40H65ClN6O13. The normalized spacial score (nSPS) is 24.8. The predicted molar refractivity (Wildman–Crippen MR) is 217 cm³/mol. The lowest BCUT2D eigenvalue weighted by atomic mass is 10.2. The molecule has 2 N–H and O–H groups in total. The van der Waals surface area contributed by atoms with Crippen LogP contribution in [0.25, 0.3) is 0 Å². The van der Waals surface area contributed by atoms with Crippen molar-refractivity contribution < 1.29 is 62.0 Å². The molecule has 6 heterocycles. The van der Waals surface area contributed by atoms with Crippen LogP contribution in [0.15, 0.2) is 0 Å². The third-order valence-electron chi connectivity index (χ3n) is 10.2. The Kier molecular flexibility index (Phi) is 18.9. The summed E-state index contributed by atoms with van der Waals surface area (Å²) in [5, 5.41) is 6.12. The minimum absolute atomic E-state index is 0.0186. The molecule has 6 aliphatic rings. The number of halogens is 1. The molecule has 0 aromatic heterocycles. The molecule has 0 aromatic rings. The monoisotopic (exact) mass is 872 g/mol. The van der Waals surface area contributed by atoms with Crippen LogP contribution in [0.1, 0.15) is 101 Å². The molecule has 4 amide bonds. The fraction of sp³-hybridized carbons (Fsp3) is 0.800. The van der Waals surface area contributed by atoms with Crippen molar-refractivity contribution in [3.63, 3.8) is 0 Å². The Bertz CT molecular complexity index is 1500. The van der Waals surface area contributed by atoms with Gasteiger partial charge >= 0.3 is 30.1 Å². The second kappa shape index (κ2) is 22.6. The highest BCUT2D eigenvalue weighted by molar-refractivity contribution is 6.64. The molecule has 0 spiro atoms. The topological polar surface area (TPSA) is 220 Å². The fourth-order valence-corrected chi connectivity index (χ4v) is 7.83. The predicted octanol–water partition coefficient (Wildman–Crippen LogP) is 2.34. The van der Waals surface area contributed by atoms with Gasteiger partial charge in [0, 0.05) is 84.2 Å². The number of rotatable bonds is 6. The molecule has 20 heteroatoms. The maximum absolute atomic E-state index is 12.3. The zero-order chi connectivity index (χ0) is 44.9. The maximum atomic E-state index is 12.3. The smallest absolute Gasteiger partial charge is 0.410 e. The first-order chi connectivity index (χ1) is 27.9. The van der Waals surface area contributed by atoms with Crippen LogP contribution in [0.5, 0.6) is 0 Å². The maximum Gasteiger partial charge on any atom is 0.410 e. The number of nitrogens with one attached hydrogen (secondary N) is 2. The van der Waals surface area contributed by atoms with Gasteiger partial charge < -0.3 is 44.1 Å². The van der Waals surface area contributed by atoms with Gasteiger partial charge in [0.05, 0.1) is 12.1 Å². The van der Waals surface area contributed by atoms with Gasteiger partial charge in [-0.25, -0.2) is 9.59 Å². The number of nitrogens with zero attached hydrogens (tertiary/aromatic N) is 4. The summed E-state index contributed by atoms with van der Waals surface area (Å²) in [6, 6.07) is 1.53. The summed E-state index contributed by atoms with van der Waals surface area (Å²) in [7, 11) is 0. The largest absolute Gasteiger partial charge is 0.456 e. The van der Waals surface area contributed by atoms with Gasteiger partial charge in [-0.05, 0) is 91.7 Å². The van der Waals surface area contributed by atoms with E-state index < -0.39 is 28.8 Å². The number of fused-ring (bicyclic) bond motifs is 6. The molecule has 0 aromatic carbocycles.